The number of carbonyl (C=O) groups excluding carboxylic acids is 1. The summed E-state index contributed by atoms with van der Waals surface area (Å²) in [6.45, 7) is 0.728. The standard InChI is InChI=1S/C15H12N2OS3/c16-9-1-2-11-10(7-9)17(4-6-20-11)15(18)14-8-13-12(21-14)3-5-19-13/h1-3,5,7-8H,4,6,16H2. The second-order valence-electron chi connectivity index (χ2n) is 4.79. The number of benzene rings is 1. The highest BCUT2D eigenvalue weighted by molar-refractivity contribution is 7.99. The van der Waals surface area contributed by atoms with Crippen LogP contribution in [0.15, 0.2) is 40.6 Å². The molecule has 1 aliphatic rings. The quantitative estimate of drug-likeness (QED) is 0.676. The van der Waals surface area contributed by atoms with Crippen LogP contribution in [0.25, 0.3) is 9.40 Å². The molecule has 3 aromatic rings. The second-order valence-corrected chi connectivity index (χ2v) is 7.96. The molecule has 0 bridgehead atoms. The van der Waals surface area contributed by atoms with Crippen LogP contribution in [0.4, 0.5) is 11.4 Å². The van der Waals surface area contributed by atoms with Crippen LogP contribution in [0.2, 0.25) is 0 Å². The number of thioether (sulfide) groups is 1. The van der Waals surface area contributed by atoms with Crippen molar-refractivity contribution in [1.29, 1.82) is 0 Å². The Labute approximate surface area is 134 Å². The van der Waals surface area contributed by atoms with E-state index in [2.05, 4.69) is 11.4 Å². The molecule has 4 rings (SSSR count). The fraction of sp³-hybridized carbons (Fsp3) is 0.133. The van der Waals surface area contributed by atoms with Gasteiger partial charge in [-0.2, -0.15) is 0 Å². The highest BCUT2D eigenvalue weighted by atomic mass is 32.2. The third kappa shape index (κ3) is 2.23. The number of hydrogen-bond acceptors (Lipinski definition) is 5. The van der Waals surface area contributed by atoms with Crippen molar-refractivity contribution >= 4 is 61.1 Å². The maximum Gasteiger partial charge on any atom is 0.268 e. The first-order valence-corrected chi connectivity index (χ1v) is 9.22. The molecule has 3 heterocycles. The summed E-state index contributed by atoms with van der Waals surface area (Å²) in [6.07, 6.45) is 0. The monoisotopic (exact) mass is 332 g/mol. The molecule has 0 saturated carbocycles. The van der Waals surface area contributed by atoms with E-state index in [1.165, 1.54) is 9.40 Å². The van der Waals surface area contributed by atoms with E-state index < -0.39 is 0 Å². The summed E-state index contributed by atoms with van der Waals surface area (Å²) in [6, 6.07) is 9.86. The van der Waals surface area contributed by atoms with E-state index in [1.54, 1.807) is 34.4 Å². The lowest BCUT2D eigenvalue weighted by Gasteiger charge is -2.28. The number of thiophene rings is 2. The van der Waals surface area contributed by atoms with Gasteiger partial charge in [0.15, 0.2) is 0 Å². The summed E-state index contributed by atoms with van der Waals surface area (Å²) in [7, 11) is 0. The van der Waals surface area contributed by atoms with E-state index in [4.69, 9.17) is 5.73 Å². The summed E-state index contributed by atoms with van der Waals surface area (Å²) in [5.41, 5.74) is 7.52. The largest absolute Gasteiger partial charge is 0.399 e. The zero-order chi connectivity index (χ0) is 14.4. The Morgan fingerprint density at radius 1 is 1.19 bits per heavy atom. The predicted molar refractivity (Wildman–Crippen MR) is 93.0 cm³/mol. The Morgan fingerprint density at radius 3 is 2.95 bits per heavy atom. The molecule has 0 aliphatic carbocycles. The van der Waals surface area contributed by atoms with E-state index in [0.717, 1.165) is 27.8 Å². The number of nitrogens with two attached hydrogens (primary N) is 1. The van der Waals surface area contributed by atoms with Gasteiger partial charge in [-0.15, -0.1) is 34.4 Å². The Hall–Kier alpha value is -1.50. The molecule has 0 radical (unpaired) electrons. The Balaban J connectivity index is 1.75. The summed E-state index contributed by atoms with van der Waals surface area (Å²) in [5.74, 6) is 0.998. The van der Waals surface area contributed by atoms with Gasteiger partial charge in [0.1, 0.15) is 0 Å². The van der Waals surface area contributed by atoms with Crippen LogP contribution >= 0.6 is 34.4 Å². The molecule has 0 unspecified atom stereocenters. The van der Waals surface area contributed by atoms with Crippen molar-refractivity contribution in [2.24, 2.45) is 0 Å². The molecule has 0 atom stereocenters. The molecule has 1 aliphatic heterocycles. The highest BCUT2D eigenvalue weighted by Gasteiger charge is 2.25. The Bertz CT molecular complexity index is 808. The molecular formula is C15H12N2OS3. The van der Waals surface area contributed by atoms with Crippen LogP contribution in [0.5, 0.6) is 0 Å². The van der Waals surface area contributed by atoms with Crippen LogP contribution in [-0.2, 0) is 0 Å². The first-order valence-electron chi connectivity index (χ1n) is 6.53. The van der Waals surface area contributed by atoms with Crippen molar-refractivity contribution in [3.8, 4) is 0 Å². The van der Waals surface area contributed by atoms with Gasteiger partial charge in [0, 0.05) is 32.3 Å². The van der Waals surface area contributed by atoms with Gasteiger partial charge in [-0.3, -0.25) is 4.79 Å². The molecule has 106 valence electrons. The van der Waals surface area contributed by atoms with Crippen molar-refractivity contribution in [1.82, 2.24) is 0 Å². The smallest absolute Gasteiger partial charge is 0.268 e. The van der Waals surface area contributed by atoms with Gasteiger partial charge >= 0.3 is 0 Å². The van der Waals surface area contributed by atoms with E-state index in [1.807, 2.05) is 29.2 Å². The van der Waals surface area contributed by atoms with Crippen molar-refractivity contribution in [3.63, 3.8) is 0 Å². The van der Waals surface area contributed by atoms with Gasteiger partial charge in [0.25, 0.3) is 5.91 Å². The summed E-state index contributed by atoms with van der Waals surface area (Å²) in [5, 5.41) is 2.06. The normalized spacial score (nSPS) is 14.4. The average Bonchev–Trinajstić information content (AvgIpc) is 3.07. The molecule has 2 N–H and O–H groups in total. The molecule has 0 spiro atoms. The maximum atomic E-state index is 12.8. The average molecular weight is 332 g/mol. The van der Waals surface area contributed by atoms with Crippen molar-refractivity contribution < 1.29 is 4.79 Å². The van der Waals surface area contributed by atoms with Crippen molar-refractivity contribution in [2.45, 2.75) is 4.90 Å². The van der Waals surface area contributed by atoms with Crippen LogP contribution < -0.4 is 10.6 Å². The molecule has 0 saturated heterocycles. The Morgan fingerprint density at radius 2 is 2.10 bits per heavy atom. The van der Waals surface area contributed by atoms with Crippen LogP contribution in [0, 0.1) is 0 Å². The molecule has 0 fully saturated rings. The summed E-state index contributed by atoms with van der Waals surface area (Å²) < 4.78 is 2.37. The lowest BCUT2D eigenvalue weighted by Crippen LogP contribution is -2.35. The molecule has 6 heteroatoms. The minimum Gasteiger partial charge on any atom is -0.399 e. The number of hydrogen-bond donors (Lipinski definition) is 1. The number of anilines is 2. The maximum absolute atomic E-state index is 12.8. The first kappa shape index (κ1) is 13.2. The first-order chi connectivity index (χ1) is 10.2. The number of nitrogens with zero attached hydrogens (tertiary/aromatic N) is 1. The minimum atomic E-state index is 0.0792. The van der Waals surface area contributed by atoms with Crippen LogP contribution in [0.3, 0.4) is 0 Å². The number of fused-ring (bicyclic) bond motifs is 2. The second kappa shape index (κ2) is 5.05. The zero-order valence-electron chi connectivity index (χ0n) is 11.0. The fourth-order valence-electron chi connectivity index (χ4n) is 2.45. The van der Waals surface area contributed by atoms with Crippen LogP contribution in [-0.4, -0.2) is 18.2 Å². The van der Waals surface area contributed by atoms with Crippen molar-refractivity contribution in [3.05, 3.63) is 40.6 Å². The highest BCUT2D eigenvalue weighted by Crippen LogP contribution is 2.38. The molecule has 21 heavy (non-hydrogen) atoms. The van der Waals surface area contributed by atoms with E-state index >= 15 is 0 Å². The molecule has 2 aromatic heterocycles. The van der Waals surface area contributed by atoms with Gasteiger partial charge < -0.3 is 10.6 Å². The SMILES string of the molecule is Nc1ccc2c(c1)N(C(=O)c1cc3sccc3s1)CCS2. The molecule has 1 aromatic carbocycles. The third-order valence-electron chi connectivity index (χ3n) is 3.44. The van der Waals surface area contributed by atoms with Gasteiger partial charge in [-0.25, -0.2) is 0 Å². The van der Waals surface area contributed by atoms with Gasteiger partial charge in [-0.05, 0) is 35.7 Å². The predicted octanol–water partition coefficient (Wildman–Crippen LogP) is 4.30. The van der Waals surface area contributed by atoms with E-state index in [9.17, 15) is 4.79 Å². The topological polar surface area (TPSA) is 46.3 Å². The number of amides is 1. The summed E-state index contributed by atoms with van der Waals surface area (Å²) >= 11 is 5.02. The van der Waals surface area contributed by atoms with E-state index in [0.29, 0.717) is 5.69 Å². The van der Waals surface area contributed by atoms with Gasteiger partial charge in [-0.1, -0.05) is 0 Å². The fourth-order valence-corrected chi connectivity index (χ4v) is 5.48. The minimum absolute atomic E-state index is 0.0792. The summed E-state index contributed by atoms with van der Waals surface area (Å²) in [4.78, 5) is 16.6. The number of carbonyl (C=O) groups is 1. The van der Waals surface area contributed by atoms with Gasteiger partial charge in [0.05, 0.1) is 10.6 Å². The number of nitrogen functional groups attached to an aromatic ring is 1. The van der Waals surface area contributed by atoms with Crippen LogP contribution in [0.1, 0.15) is 9.67 Å². The third-order valence-corrected chi connectivity index (χ3v) is 6.57. The molecular weight excluding hydrogens is 320 g/mol. The Kier molecular flexibility index (Phi) is 3.17. The number of rotatable bonds is 1. The van der Waals surface area contributed by atoms with Crippen molar-refractivity contribution in [2.75, 3.05) is 22.9 Å². The lowest BCUT2D eigenvalue weighted by atomic mass is 10.2. The molecule has 1 amide bonds. The lowest BCUT2D eigenvalue weighted by molar-refractivity contribution is 0.0991. The molecule has 3 nitrogen and oxygen atoms in total. The van der Waals surface area contributed by atoms with E-state index in [-0.39, 0.29) is 5.91 Å². The zero-order valence-corrected chi connectivity index (χ0v) is 13.5. The van der Waals surface area contributed by atoms with Gasteiger partial charge in [0.2, 0.25) is 0 Å².